The zero-order chi connectivity index (χ0) is 9.97. The van der Waals surface area contributed by atoms with Crippen molar-refractivity contribution in [3.05, 3.63) is 18.0 Å². The minimum absolute atomic E-state index is 0.794. The Kier molecular flexibility index (Phi) is 2.87. The van der Waals surface area contributed by atoms with Gasteiger partial charge in [0.1, 0.15) is 0 Å². The van der Waals surface area contributed by atoms with Gasteiger partial charge < -0.3 is 5.32 Å². The second-order valence-electron chi connectivity index (χ2n) is 4.59. The third kappa shape index (κ3) is 2.35. The lowest BCUT2D eigenvalue weighted by Gasteiger charge is -2.27. The van der Waals surface area contributed by atoms with Crippen molar-refractivity contribution < 1.29 is 0 Å². The first-order valence-electron chi connectivity index (χ1n) is 5.42. The van der Waals surface area contributed by atoms with Crippen LogP contribution in [0.5, 0.6) is 0 Å². The van der Waals surface area contributed by atoms with Crippen molar-refractivity contribution >= 4 is 0 Å². The van der Waals surface area contributed by atoms with E-state index in [9.17, 15) is 0 Å². The van der Waals surface area contributed by atoms with Gasteiger partial charge in [-0.15, -0.1) is 0 Å². The fraction of sp³-hybridized carbons (Fsp3) is 0.727. The van der Waals surface area contributed by atoms with E-state index in [1.807, 2.05) is 17.9 Å². The van der Waals surface area contributed by atoms with Crippen LogP contribution in [0.1, 0.15) is 18.9 Å². The van der Waals surface area contributed by atoms with Crippen LogP contribution in [0.3, 0.4) is 0 Å². The predicted molar refractivity (Wildman–Crippen MR) is 57.1 cm³/mol. The lowest BCUT2D eigenvalue weighted by molar-refractivity contribution is 0.301. The van der Waals surface area contributed by atoms with Gasteiger partial charge in [-0.05, 0) is 43.3 Å². The Bertz CT molecular complexity index is 292. The molecule has 3 heteroatoms. The highest BCUT2D eigenvalue weighted by molar-refractivity contribution is 5.05. The quantitative estimate of drug-likeness (QED) is 0.765. The average Bonchev–Trinajstić information content (AvgIpc) is 2.51. The number of aromatic nitrogens is 2. The second-order valence-corrected chi connectivity index (χ2v) is 4.59. The predicted octanol–water partition coefficient (Wildman–Crippen LogP) is 1.21. The first-order valence-corrected chi connectivity index (χ1v) is 5.42. The summed E-state index contributed by atoms with van der Waals surface area (Å²) in [5.41, 5.74) is 1.37. The Morgan fingerprint density at radius 2 is 2.43 bits per heavy atom. The Balaban J connectivity index is 1.90. The summed E-state index contributed by atoms with van der Waals surface area (Å²) < 4.78 is 1.88. The highest BCUT2D eigenvalue weighted by Crippen LogP contribution is 2.19. The molecule has 0 aromatic carbocycles. The van der Waals surface area contributed by atoms with Crippen molar-refractivity contribution in [3.63, 3.8) is 0 Å². The molecule has 14 heavy (non-hydrogen) atoms. The third-order valence-corrected chi connectivity index (χ3v) is 2.94. The molecule has 1 aromatic rings. The maximum atomic E-state index is 4.20. The minimum atomic E-state index is 0.794. The second kappa shape index (κ2) is 4.13. The molecule has 0 saturated carbocycles. The minimum Gasteiger partial charge on any atom is -0.316 e. The van der Waals surface area contributed by atoms with E-state index in [1.165, 1.54) is 31.5 Å². The van der Waals surface area contributed by atoms with E-state index >= 15 is 0 Å². The SMILES string of the molecule is CC1CNCC(Cc2cnn(C)c2)C1. The molecule has 2 rings (SSSR count). The van der Waals surface area contributed by atoms with E-state index in [2.05, 4.69) is 23.5 Å². The van der Waals surface area contributed by atoms with Gasteiger partial charge in [0.05, 0.1) is 6.20 Å². The van der Waals surface area contributed by atoms with Crippen LogP contribution in [0.25, 0.3) is 0 Å². The average molecular weight is 193 g/mol. The Hall–Kier alpha value is -0.830. The Labute approximate surface area is 85.5 Å². The molecular weight excluding hydrogens is 174 g/mol. The molecule has 0 aliphatic carbocycles. The zero-order valence-corrected chi connectivity index (χ0v) is 9.03. The molecule has 1 fully saturated rings. The fourth-order valence-electron chi connectivity index (χ4n) is 2.34. The van der Waals surface area contributed by atoms with E-state index in [-0.39, 0.29) is 0 Å². The van der Waals surface area contributed by atoms with Crippen LogP contribution in [-0.4, -0.2) is 22.9 Å². The molecule has 0 radical (unpaired) electrons. The van der Waals surface area contributed by atoms with Crippen LogP contribution >= 0.6 is 0 Å². The lowest BCUT2D eigenvalue weighted by atomic mass is 9.88. The molecule has 1 aliphatic heterocycles. The van der Waals surface area contributed by atoms with Gasteiger partial charge >= 0.3 is 0 Å². The van der Waals surface area contributed by atoms with Crippen LogP contribution in [0, 0.1) is 11.8 Å². The third-order valence-electron chi connectivity index (χ3n) is 2.94. The molecule has 0 bridgehead atoms. The van der Waals surface area contributed by atoms with Crippen molar-refractivity contribution in [2.75, 3.05) is 13.1 Å². The van der Waals surface area contributed by atoms with Gasteiger partial charge in [-0.3, -0.25) is 4.68 Å². The van der Waals surface area contributed by atoms with Gasteiger partial charge in [-0.2, -0.15) is 5.10 Å². The van der Waals surface area contributed by atoms with E-state index in [4.69, 9.17) is 0 Å². The molecule has 0 amide bonds. The summed E-state index contributed by atoms with van der Waals surface area (Å²) >= 11 is 0. The monoisotopic (exact) mass is 193 g/mol. The summed E-state index contributed by atoms with van der Waals surface area (Å²) in [7, 11) is 1.98. The van der Waals surface area contributed by atoms with Gasteiger partial charge in [0.15, 0.2) is 0 Å². The maximum Gasteiger partial charge on any atom is 0.0521 e. The lowest BCUT2D eigenvalue weighted by Crippen LogP contribution is -2.35. The van der Waals surface area contributed by atoms with Gasteiger partial charge in [0.2, 0.25) is 0 Å². The van der Waals surface area contributed by atoms with Crippen LogP contribution in [0.2, 0.25) is 0 Å². The number of piperidine rings is 1. The zero-order valence-electron chi connectivity index (χ0n) is 9.03. The largest absolute Gasteiger partial charge is 0.316 e. The van der Waals surface area contributed by atoms with Crippen LogP contribution in [0.4, 0.5) is 0 Å². The molecule has 2 heterocycles. The number of aryl methyl sites for hydroxylation is 1. The first kappa shape index (κ1) is 9.71. The summed E-state index contributed by atoms with van der Waals surface area (Å²) in [6, 6.07) is 0. The molecule has 1 aliphatic rings. The van der Waals surface area contributed by atoms with Crippen molar-refractivity contribution in [3.8, 4) is 0 Å². The molecule has 0 spiro atoms. The number of nitrogens with one attached hydrogen (secondary N) is 1. The Morgan fingerprint density at radius 3 is 3.07 bits per heavy atom. The highest BCUT2D eigenvalue weighted by atomic mass is 15.2. The summed E-state index contributed by atoms with van der Waals surface area (Å²) in [5, 5.41) is 7.68. The molecule has 1 N–H and O–H groups in total. The first-order chi connectivity index (χ1) is 6.74. The van der Waals surface area contributed by atoms with E-state index < -0.39 is 0 Å². The molecular formula is C11H19N3. The summed E-state index contributed by atoms with van der Waals surface area (Å²) in [5.74, 6) is 1.62. The number of hydrogen-bond acceptors (Lipinski definition) is 2. The van der Waals surface area contributed by atoms with Gasteiger partial charge in [-0.1, -0.05) is 6.92 Å². The van der Waals surface area contributed by atoms with Gasteiger partial charge in [0.25, 0.3) is 0 Å². The topological polar surface area (TPSA) is 29.9 Å². The number of nitrogens with zero attached hydrogens (tertiary/aromatic N) is 2. The van der Waals surface area contributed by atoms with E-state index in [0.717, 1.165) is 11.8 Å². The van der Waals surface area contributed by atoms with Gasteiger partial charge in [-0.25, -0.2) is 0 Å². The molecule has 3 nitrogen and oxygen atoms in total. The van der Waals surface area contributed by atoms with Crippen LogP contribution < -0.4 is 5.32 Å². The van der Waals surface area contributed by atoms with E-state index in [0.29, 0.717) is 0 Å². The summed E-state index contributed by atoms with van der Waals surface area (Å²) in [6.45, 7) is 4.67. The Morgan fingerprint density at radius 1 is 1.57 bits per heavy atom. The molecule has 2 atom stereocenters. The van der Waals surface area contributed by atoms with Crippen molar-refractivity contribution in [1.82, 2.24) is 15.1 Å². The number of hydrogen-bond donors (Lipinski definition) is 1. The van der Waals surface area contributed by atoms with Crippen molar-refractivity contribution in [2.45, 2.75) is 19.8 Å². The summed E-state index contributed by atoms with van der Waals surface area (Å²) in [6.07, 6.45) is 6.63. The van der Waals surface area contributed by atoms with Crippen LogP contribution in [0.15, 0.2) is 12.4 Å². The van der Waals surface area contributed by atoms with Crippen molar-refractivity contribution in [1.29, 1.82) is 0 Å². The van der Waals surface area contributed by atoms with Crippen molar-refractivity contribution in [2.24, 2.45) is 18.9 Å². The molecule has 2 unspecified atom stereocenters. The normalized spacial score (nSPS) is 27.9. The molecule has 1 saturated heterocycles. The smallest absolute Gasteiger partial charge is 0.0521 e. The number of rotatable bonds is 2. The maximum absolute atomic E-state index is 4.20. The highest BCUT2D eigenvalue weighted by Gasteiger charge is 2.18. The molecule has 78 valence electrons. The summed E-state index contributed by atoms with van der Waals surface area (Å²) in [4.78, 5) is 0. The van der Waals surface area contributed by atoms with Crippen LogP contribution in [-0.2, 0) is 13.5 Å². The fourth-order valence-corrected chi connectivity index (χ4v) is 2.34. The van der Waals surface area contributed by atoms with Gasteiger partial charge in [0, 0.05) is 13.2 Å². The van der Waals surface area contributed by atoms with E-state index in [1.54, 1.807) is 0 Å². The molecule has 1 aromatic heterocycles. The standard InChI is InChI=1S/C11H19N3/c1-9-3-10(6-12-5-9)4-11-7-13-14(2)8-11/h7-10,12H,3-6H2,1-2H3.